The number of methoxy groups -OCH3 is 1. The van der Waals surface area contributed by atoms with Gasteiger partial charge in [-0.25, -0.2) is 4.39 Å². The smallest absolute Gasteiger partial charge is 0.123 e. The van der Waals surface area contributed by atoms with Gasteiger partial charge < -0.3 is 4.74 Å². The van der Waals surface area contributed by atoms with E-state index in [2.05, 4.69) is 12.3 Å². The van der Waals surface area contributed by atoms with Crippen molar-refractivity contribution in [1.29, 1.82) is 0 Å². The van der Waals surface area contributed by atoms with Crippen LogP contribution in [0, 0.1) is 17.7 Å². The Morgan fingerprint density at radius 2 is 2.22 bits per heavy atom. The van der Waals surface area contributed by atoms with Crippen LogP contribution in [0.4, 0.5) is 4.39 Å². The number of hydrogen-bond acceptors (Lipinski definition) is 3. The maximum absolute atomic E-state index is 13.4. The summed E-state index contributed by atoms with van der Waals surface area (Å²) in [7, 11) is 1.60. The van der Waals surface area contributed by atoms with Crippen molar-refractivity contribution in [2.45, 2.75) is 32.2 Å². The third kappa shape index (κ3) is 2.49. The van der Waals surface area contributed by atoms with Crippen LogP contribution in [0.3, 0.4) is 0 Å². The van der Waals surface area contributed by atoms with Gasteiger partial charge in [-0.3, -0.25) is 11.3 Å². The molecule has 3 nitrogen and oxygen atoms in total. The van der Waals surface area contributed by atoms with Gasteiger partial charge in [0.05, 0.1) is 13.2 Å². The van der Waals surface area contributed by atoms with Crippen LogP contribution in [0.25, 0.3) is 0 Å². The molecule has 0 aliphatic heterocycles. The fourth-order valence-electron chi connectivity index (χ4n) is 3.06. The molecule has 1 fully saturated rings. The number of nitrogens with one attached hydrogen (secondary N) is 1. The molecule has 0 saturated heterocycles. The molecule has 1 aliphatic carbocycles. The van der Waals surface area contributed by atoms with Crippen molar-refractivity contribution in [2.75, 3.05) is 7.11 Å². The zero-order chi connectivity index (χ0) is 13.1. The fraction of sp³-hybridized carbons (Fsp3) is 0.571. The van der Waals surface area contributed by atoms with Crippen LogP contribution < -0.4 is 16.0 Å². The van der Waals surface area contributed by atoms with Gasteiger partial charge >= 0.3 is 0 Å². The normalized spacial score (nSPS) is 25.1. The van der Waals surface area contributed by atoms with E-state index in [0.717, 1.165) is 12.0 Å². The molecule has 0 aromatic heterocycles. The lowest BCUT2D eigenvalue weighted by molar-refractivity contribution is 0.294. The van der Waals surface area contributed by atoms with E-state index in [-0.39, 0.29) is 11.9 Å². The Kier molecular flexibility index (Phi) is 4.19. The van der Waals surface area contributed by atoms with Crippen LogP contribution in [0.15, 0.2) is 18.2 Å². The molecule has 2 rings (SSSR count). The maximum atomic E-state index is 13.4. The van der Waals surface area contributed by atoms with Crippen molar-refractivity contribution in [3.05, 3.63) is 29.6 Å². The highest BCUT2D eigenvalue weighted by Gasteiger charge is 2.32. The van der Waals surface area contributed by atoms with Crippen molar-refractivity contribution in [3.63, 3.8) is 0 Å². The summed E-state index contributed by atoms with van der Waals surface area (Å²) in [5.41, 5.74) is 3.66. The van der Waals surface area contributed by atoms with Crippen LogP contribution in [-0.4, -0.2) is 7.11 Å². The second kappa shape index (κ2) is 5.67. The van der Waals surface area contributed by atoms with E-state index in [4.69, 9.17) is 10.6 Å². The Hall–Kier alpha value is -1.13. The summed E-state index contributed by atoms with van der Waals surface area (Å²) in [6.07, 6.45) is 3.54. The van der Waals surface area contributed by atoms with E-state index in [1.807, 2.05) is 0 Å². The van der Waals surface area contributed by atoms with Crippen molar-refractivity contribution in [1.82, 2.24) is 5.43 Å². The number of ether oxygens (including phenoxy) is 1. The number of nitrogens with two attached hydrogens (primary N) is 1. The molecule has 0 heterocycles. The van der Waals surface area contributed by atoms with Crippen LogP contribution >= 0.6 is 0 Å². The average Bonchev–Trinajstić information content (AvgIpc) is 2.77. The monoisotopic (exact) mass is 252 g/mol. The van der Waals surface area contributed by atoms with Crippen molar-refractivity contribution in [3.8, 4) is 5.75 Å². The highest BCUT2D eigenvalue weighted by molar-refractivity contribution is 5.37. The minimum Gasteiger partial charge on any atom is -0.496 e. The summed E-state index contributed by atoms with van der Waals surface area (Å²) in [4.78, 5) is 0. The molecule has 0 spiro atoms. The molecule has 3 unspecified atom stereocenters. The molecule has 0 amide bonds. The first kappa shape index (κ1) is 13.3. The van der Waals surface area contributed by atoms with Gasteiger partial charge in [0.1, 0.15) is 11.6 Å². The largest absolute Gasteiger partial charge is 0.496 e. The molecule has 4 heteroatoms. The van der Waals surface area contributed by atoms with E-state index in [1.54, 1.807) is 13.2 Å². The van der Waals surface area contributed by atoms with Gasteiger partial charge in [-0.05, 0) is 36.5 Å². The lowest BCUT2D eigenvalue weighted by Crippen LogP contribution is -2.35. The van der Waals surface area contributed by atoms with Crippen LogP contribution in [0.5, 0.6) is 5.75 Å². The van der Waals surface area contributed by atoms with Gasteiger partial charge in [0.15, 0.2) is 0 Å². The molecule has 3 atom stereocenters. The number of hydrazine groups is 1. The summed E-state index contributed by atoms with van der Waals surface area (Å²) in [5, 5.41) is 0. The first-order valence-corrected chi connectivity index (χ1v) is 6.47. The zero-order valence-electron chi connectivity index (χ0n) is 10.9. The first-order chi connectivity index (χ1) is 8.67. The minimum absolute atomic E-state index is 0.0480. The highest BCUT2D eigenvalue weighted by atomic mass is 19.1. The molecule has 1 aromatic rings. The first-order valence-electron chi connectivity index (χ1n) is 6.47. The van der Waals surface area contributed by atoms with Crippen molar-refractivity contribution < 1.29 is 9.13 Å². The van der Waals surface area contributed by atoms with Gasteiger partial charge in [-0.2, -0.15) is 0 Å². The molecule has 100 valence electrons. The van der Waals surface area contributed by atoms with Gasteiger partial charge in [-0.15, -0.1) is 0 Å². The summed E-state index contributed by atoms with van der Waals surface area (Å²) < 4.78 is 18.8. The molecule has 1 saturated carbocycles. The van der Waals surface area contributed by atoms with Crippen molar-refractivity contribution in [2.24, 2.45) is 17.7 Å². The van der Waals surface area contributed by atoms with Gasteiger partial charge in [0, 0.05) is 5.56 Å². The SMILES string of the molecule is COc1ccc(F)cc1C(NN)C1CCCC1C. The van der Waals surface area contributed by atoms with Crippen molar-refractivity contribution >= 4 is 0 Å². The number of hydrogen-bond donors (Lipinski definition) is 2. The number of halogens is 1. The average molecular weight is 252 g/mol. The van der Waals surface area contributed by atoms with Gasteiger partial charge in [-0.1, -0.05) is 19.8 Å². The topological polar surface area (TPSA) is 47.3 Å². The fourth-order valence-corrected chi connectivity index (χ4v) is 3.06. The second-order valence-corrected chi connectivity index (χ2v) is 5.10. The second-order valence-electron chi connectivity index (χ2n) is 5.10. The van der Waals surface area contributed by atoms with Crippen LogP contribution in [0.1, 0.15) is 37.8 Å². The minimum atomic E-state index is -0.253. The number of benzene rings is 1. The molecule has 18 heavy (non-hydrogen) atoms. The predicted molar refractivity (Wildman–Crippen MR) is 69.5 cm³/mol. The Bertz CT molecular complexity index is 411. The highest BCUT2D eigenvalue weighted by Crippen LogP contribution is 2.42. The predicted octanol–water partition coefficient (Wildman–Crippen LogP) is 2.77. The summed E-state index contributed by atoms with van der Waals surface area (Å²) in [6.45, 7) is 2.23. The van der Waals surface area contributed by atoms with E-state index >= 15 is 0 Å². The lowest BCUT2D eigenvalue weighted by atomic mass is 9.86. The lowest BCUT2D eigenvalue weighted by Gasteiger charge is -2.28. The van der Waals surface area contributed by atoms with E-state index < -0.39 is 0 Å². The van der Waals surface area contributed by atoms with Crippen LogP contribution in [-0.2, 0) is 0 Å². The summed E-state index contributed by atoms with van der Waals surface area (Å²) in [6, 6.07) is 4.55. The molecular formula is C14H21FN2O. The van der Waals surface area contributed by atoms with E-state index in [9.17, 15) is 4.39 Å². The van der Waals surface area contributed by atoms with E-state index in [1.165, 1.54) is 25.0 Å². The van der Waals surface area contributed by atoms with Gasteiger partial charge in [0.2, 0.25) is 0 Å². The molecule has 1 aromatic carbocycles. The Morgan fingerprint density at radius 3 is 2.78 bits per heavy atom. The number of rotatable bonds is 4. The maximum Gasteiger partial charge on any atom is 0.123 e. The Morgan fingerprint density at radius 1 is 1.44 bits per heavy atom. The molecule has 0 radical (unpaired) electrons. The third-order valence-electron chi connectivity index (χ3n) is 4.06. The Balaban J connectivity index is 2.34. The molecule has 1 aliphatic rings. The standard InChI is InChI=1S/C14H21FN2O/c1-9-4-3-5-11(9)14(17-16)12-8-10(15)6-7-13(12)18-2/h6-9,11,14,17H,3-5,16H2,1-2H3. The van der Waals surface area contributed by atoms with E-state index in [0.29, 0.717) is 17.6 Å². The molecule has 3 N–H and O–H groups in total. The molecule has 0 bridgehead atoms. The van der Waals surface area contributed by atoms with Crippen LogP contribution in [0.2, 0.25) is 0 Å². The summed E-state index contributed by atoms with van der Waals surface area (Å²) in [5.74, 6) is 7.16. The zero-order valence-corrected chi connectivity index (χ0v) is 10.9. The third-order valence-corrected chi connectivity index (χ3v) is 4.06. The Labute approximate surface area is 107 Å². The summed E-state index contributed by atoms with van der Waals surface area (Å²) >= 11 is 0. The quantitative estimate of drug-likeness (QED) is 0.640. The van der Waals surface area contributed by atoms with Gasteiger partial charge in [0.25, 0.3) is 0 Å². The molecular weight excluding hydrogens is 231 g/mol.